The molecule has 0 radical (unpaired) electrons. The molecule has 0 bridgehead atoms. The third-order valence-electron chi connectivity index (χ3n) is 2.69. The van der Waals surface area contributed by atoms with Gasteiger partial charge < -0.3 is 15.5 Å². The zero-order valence-corrected chi connectivity index (χ0v) is 10.1. The van der Waals surface area contributed by atoms with Crippen LogP contribution in [0.2, 0.25) is 0 Å². The molecule has 0 saturated heterocycles. The van der Waals surface area contributed by atoms with Crippen molar-refractivity contribution in [3.05, 3.63) is 53.3 Å². The number of benzene rings is 2. The summed E-state index contributed by atoms with van der Waals surface area (Å²) in [5.41, 5.74) is 0.874. The Labute approximate surface area is 109 Å². The molecular formula is C14H12FNO3. The van der Waals surface area contributed by atoms with E-state index in [1.807, 2.05) is 0 Å². The van der Waals surface area contributed by atoms with E-state index in [9.17, 15) is 14.3 Å². The van der Waals surface area contributed by atoms with Gasteiger partial charge in [-0.3, -0.25) is 4.79 Å². The highest BCUT2D eigenvalue weighted by atomic mass is 19.1. The number of aromatic hydroxyl groups is 2. The summed E-state index contributed by atoms with van der Waals surface area (Å²) >= 11 is 0. The number of amides is 1. The van der Waals surface area contributed by atoms with Gasteiger partial charge in [0.15, 0.2) is 11.6 Å². The third-order valence-corrected chi connectivity index (χ3v) is 2.69. The van der Waals surface area contributed by atoms with E-state index < -0.39 is 17.5 Å². The maximum absolute atomic E-state index is 13.1. The molecule has 2 aromatic rings. The first-order valence-corrected chi connectivity index (χ1v) is 5.57. The number of hydrogen-bond donors (Lipinski definition) is 3. The lowest BCUT2D eigenvalue weighted by Gasteiger charge is -2.08. The largest absolute Gasteiger partial charge is 0.507 e. The molecule has 0 aliphatic rings. The van der Waals surface area contributed by atoms with Gasteiger partial charge in [-0.25, -0.2) is 4.39 Å². The summed E-state index contributed by atoms with van der Waals surface area (Å²) in [4.78, 5) is 11.9. The number of carbonyl (C=O) groups excluding carboxylic acids is 1. The minimum Gasteiger partial charge on any atom is -0.507 e. The van der Waals surface area contributed by atoms with E-state index in [4.69, 9.17) is 5.11 Å². The number of rotatable bonds is 2. The van der Waals surface area contributed by atoms with Crippen LogP contribution in [0.15, 0.2) is 36.4 Å². The van der Waals surface area contributed by atoms with E-state index >= 15 is 0 Å². The fourth-order valence-electron chi connectivity index (χ4n) is 1.63. The minimum atomic E-state index is -0.828. The van der Waals surface area contributed by atoms with Crippen molar-refractivity contribution in [1.29, 1.82) is 0 Å². The van der Waals surface area contributed by atoms with Crippen LogP contribution in [0.5, 0.6) is 11.5 Å². The molecule has 3 N–H and O–H groups in total. The van der Waals surface area contributed by atoms with E-state index in [0.29, 0.717) is 5.56 Å². The molecule has 1 amide bonds. The molecule has 0 heterocycles. The van der Waals surface area contributed by atoms with Crippen LogP contribution in [-0.2, 0) is 0 Å². The summed E-state index contributed by atoms with van der Waals surface area (Å²) in [5.74, 6) is -1.98. The third kappa shape index (κ3) is 2.65. The molecule has 2 rings (SSSR count). The van der Waals surface area contributed by atoms with Gasteiger partial charge in [0.25, 0.3) is 5.91 Å². The van der Waals surface area contributed by atoms with E-state index in [-0.39, 0.29) is 17.0 Å². The van der Waals surface area contributed by atoms with Crippen LogP contribution in [0.4, 0.5) is 10.1 Å². The lowest BCUT2D eigenvalue weighted by atomic mass is 10.1. The van der Waals surface area contributed by atoms with Crippen LogP contribution in [0, 0.1) is 12.7 Å². The second-order valence-corrected chi connectivity index (χ2v) is 4.09. The molecule has 5 heteroatoms. The van der Waals surface area contributed by atoms with Gasteiger partial charge in [-0.2, -0.15) is 0 Å². The van der Waals surface area contributed by atoms with Crippen molar-refractivity contribution < 1.29 is 19.4 Å². The highest BCUT2D eigenvalue weighted by Crippen LogP contribution is 2.24. The molecule has 0 unspecified atom stereocenters. The highest BCUT2D eigenvalue weighted by molar-refractivity contribution is 6.06. The molecule has 19 heavy (non-hydrogen) atoms. The summed E-state index contributed by atoms with van der Waals surface area (Å²) in [6.07, 6.45) is 0. The second kappa shape index (κ2) is 4.97. The number of halogens is 1. The van der Waals surface area contributed by atoms with E-state index in [2.05, 4.69) is 5.32 Å². The predicted molar refractivity (Wildman–Crippen MR) is 68.9 cm³/mol. The van der Waals surface area contributed by atoms with Crippen LogP contribution in [0.3, 0.4) is 0 Å². The number of phenols is 2. The first-order valence-electron chi connectivity index (χ1n) is 5.57. The van der Waals surface area contributed by atoms with E-state index in [0.717, 1.165) is 12.1 Å². The molecule has 0 aliphatic carbocycles. The summed E-state index contributed by atoms with van der Waals surface area (Å²) in [6, 6.07) is 8.28. The van der Waals surface area contributed by atoms with Gasteiger partial charge in [0.1, 0.15) is 5.75 Å². The summed E-state index contributed by atoms with van der Waals surface area (Å²) in [5, 5.41) is 21.3. The van der Waals surface area contributed by atoms with Crippen molar-refractivity contribution in [3.8, 4) is 11.5 Å². The van der Waals surface area contributed by atoms with Crippen molar-refractivity contribution in [2.45, 2.75) is 6.92 Å². The monoisotopic (exact) mass is 261 g/mol. The van der Waals surface area contributed by atoms with Crippen LogP contribution in [0.25, 0.3) is 0 Å². The Morgan fingerprint density at radius 1 is 1.21 bits per heavy atom. The molecule has 98 valence electrons. The topological polar surface area (TPSA) is 69.6 Å². The minimum absolute atomic E-state index is 0.105. The second-order valence-electron chi connectivity index (χ2n) is 4.09. The molecule has 0 fully saturated rings. The van der Waals surface area contributed by atoms with Crippen molar-refractivity contribution in [1.82, 2.24) is 0 Å². The SMILES string of the molecule is Cc1cccc(C(=O)Nc2ccc(O)c(F)c2)c1O. The quantitative estimate of drug-likeness (QED) is 0.728. The summed E-state index contributed by atoms with van der Waals surface area (Å²) in [7, 11) is 0. The number of nitrogens with one attached hydrogen (secondary N) is 1. The van der Waals surface area contributed by atoms with E-state index in [1.165, 1.54) is 12.1 Å². The van der Waals surface area contributed by atoms with Crippen molar-refractivity contribution in [2.24, 2.45) is 0 Å². The Kier molecular flexibility index (Phi) is 3.37. The molecular weight excluding hydrogens is 249 g/mol. The van der Waals surface area contributed by atoms with Crippen LogP contribution in [-0.4, -0.2) is 16.1 Å². The molecule has 0 spiro atoms. The number of carbonyl (C=O) groups is 1. The maximum atomic E-state index is 13.1. The Morgan fingerprint density at radius 2 is 1.95 bits per heavy atom. The number of para-hydroxylation sites is 1. The van der Waals surface area contributed by atoms with Crippen molar-refractivity contribution >= 4 is 11.6 Å². The van der Waals surface area contributed by atoms with Crippen LogP contribution in [0.1, 0.15) is 15.9 Å². The van der Waals surface area contributed by atoms with Gasteiger partial charge in [-0.15, -0.1) is 0 Å². The zero-order valence-electron chi connectivity index (χ0n) is 10.1. The smallest absolute Gasteiger partial charge is 0.259 e. The number of hydrogen-bond acceptors (Lipinski definition) is 3. The lowest BCUT2D eigenvalue weighted by Crippen LogP contribution is -2.12. The summed E-state index contributed by atoms with van der Waals surface area (Å²) in [6.45, 7) is 1.67. The lowest BCUT2D eigenvalue weighted by molar-refractivity contribution is 0.102. The highest BCUT2D eigenvalue weighted by Gasteiger charge is 2.13. The summed E-state index contributed by atoms with van der Waals surface area (Å²) < 4.78 is 13.1. The Bertz CT molecular complexity index is 641. The number of anilines is 1. The van der Waals surface area contributed by atoms with Crippen molar-refractivity contribution in [3.63, 3.8) is 0 Å². The normalized spacial score (nSPS) is 10.2. The van der Waals surface area contributed by atoms with Crippen LogP contribution < -0.4 is 5.32 Å². The fraction of sp³-hybridized carbons (Fsp3) is 0.0714. The number of aryl methyl sites for hydroxylation is 1. The van der Waals surface area contributed by atoms with Gasteiger partial charge in [0.05, 0.1) is 5.56 Å². The Hall–Kier alpha value is -2.56. The van der Waals surface area contributed by atoms with Gasteiger partial charge in [-0.1, -0.05) is 12.1 Å². The predicted octanol–water partition coefficient (Wildman–Crippen LogP) is 2.80. The van der Waals surface area contributed by atoms with Crippen LogP contribution >= 0.6 is 0 Å². The van der Waals surface area contributed by atoms with Gasteiger partial charge in [0, 0.05) is 11.8 Å². The average molecular weight is 261 g/mol. The van der Waals surface area contributed by atoms with Gasteiger partial charge in [-0.05, 0) is 30.7 Å². The standard InChI is InChI=1S/C14H12FNO3/c1-8-3-2-4-10(13(8)18)14(19)16-9-5-6-12(17)11(15)7-9/h2-7,17-18H,1H3,(H,16,19). The van der Waals surface area contributed by atoms with Gasteiger partial charge in [0.2, 0.25) is 0 Å². The molecule has 2 aromatic carbocycles. The van der Waals surface area contributed by atoms with Crippen molar-refractivity contribution in [2.75, 3.05) is 5.32 Å². The zero-order chi connectivity index (χ0) is 14.0. The molecule has 4 nitrogen and oxygen atoms in total. The average Bonchev–Trinajstić information content (AvgIpc) is 2.37. The first-order chi connectivity index (χ1) is 8.99. The van der Waals surface area contributed by atoms with Gasteiger partial charge >= 0.3 is 0 Å². The molecule has 0 aliphatic heterocycles. The molecule has 0 saturated carbocycles. The van der Waals surface area contributed by atoms with E-state index in [1.54, 1.807) is 19.1 Å². The molecule has 0 aromatic heterocycles. The Morgan fingerprint density at radius 3 is 2.63 bits per heavy atom. The maximum Gasteiger partial charge on any atom is 0.259 e. The first kappa shape index (κ1) is 12.9. The fourth-order valence-corrected chi connectivity index (χ4v) is 1.63. The Balaban J connectivity index is 2.26. The number of phenolic OH excluding ortho intramolecular Hbond substituents is 2. The molecule has 0 atom stereocenters.